The number of carbonyl (C=O) groups excluding carboxylic acids is 1. The third kappa shape index (κ3) is 5.34. The minimum atomic E-state index is -0.311. The van der Waals surface area contributed by atoms with Gasteiger partial charge in [0.25, 0.3) is 5.91 Å². The van der Waals surface area contributed by atoms with Gasteiger partial charge in [0.05, 0.1) is 18.5 Å². The fourth-order valence-electron chi connectivity index (χ4n) is 2.04. The Labute approximate surface area is 145 Å². The molecule has 0 bridgehead atoms. The van der Waals surface area contributed by atoms with Crippen LogP contribution in [-0.4, -0.2) is 23.7 Å². The molecule has 1 heterocycles. The highest BCUT2D eigenvalue weighted by Gasteiger charge is 2.13. The number of hydrogen-bond donors (Lipinski definition) is 2. The van der Waals surface area contributed by atoms with Crippen molar-refractivity contribution in [3.05, 3.63) is 40.4 Å². The lowest BCUT2D eigenvalue weighted by atomic mass is 10.2. The molecular formula is C17H22N4O2S. The van der Waals surface area contributed by atoms with Crippen LogP contribution >= 0.6 is 11.3 Å². The Balaban J connectivity index is 1.83. The minimum Gasteiger partial charge on any atom is -0.494 e. The summed E-state index contributed by atoms with van der Waals surface area (Å²) in [5.74, 6) is 0.525. The molecule has 24 heavy (non-hydrogen) atoms. The number of amides is 1. The van der Waals surface area contributed by atoms with Crippen LogP contribution in [0.15, 0.2) is 29.4 Å². The smallest absolute Gasteiger partial charge is 0.283 e. The molecule has 0 aliphatic rings. The van der Waals surface area contributed by atoms with Crippen molar-refractivity contribution in [2.75, 3.05) is 12.3 Å². The lowest BCUT2D eigenvalue weighted by molar-refractivity contribution is 0.0958. The minimum absolute atomic E-state index is 0.311. The Morgan fingerprint density at radius 1 is 1.38 bits per heavy atom. The normalized spacial score (nSPS) is 10.9. The highest BCUT2D eigenvalue weighted by Crippen LogP contribution is 2.19. The first-order chi connectivity index (χ1) is 11.6. The van der Waals surface area contributed by atoms with Gasteiger partial charge in [-0.25, -0.2) is 10.4 Å². The molecule has 0 aliphatic carbocycles. The number of benzene rings is 1. The molecule has 3 N–H and O–H groups in total. The Kier molecular flexibility index (Phi) is 6.74. The second kappa shape index (κ2) is 9.02. The first kappa shape index (κ1) is 17.9. The van der Waals surface area contributed by atoms with Crippen molar-refractivity contribution >= 4 is 28.6 Å². The molecule has 0 aliphatic heterocycles. The van der Waals surface area contributed by atoms with Gasteiger partial charge in [0.1, 0.15) is 10.6 Å². The SMILES string of the molecule is CCCCCOc1ccc(/C=N/NC(=O)c2sc(N)nc2C)cc1. The van der Waals surface area contributed by atoms with E-state index in [9.17, 15) is 4.79 Å². The van der Waals surface area contributed by atoms with Gasteiger partial charge in [-0.3, -0.25) is 4.79 Å². The van der Waals surface area contributed by atoms with Crippen molar-refractivity contribution in [2.24, 2.45) is 5.10 Å². The van der Waals surface area contributed by atoms with E-state index in [1.165, 1.54) is 12.8 Å². The van der Waals surface area contributed by atoms with Gasteiger partial charge in [-0.05, 0) is 43.2 Å². The predicted molar refractivity (Wildman–Crippen MR) is 97.8 cm³/mol. The second-order valence-corrected chi connectivity index (χ2v) is 6.32. The van der Waals surface area contributed by atoms with E-state index in [-0.39, 0.29) is 5.91 Å². The van der Waals surface area contributed by atoms with E-state index >= 15 is 0 Å². The number of unbranched alkanes of at least 4 members (excludes halogenated alkanes) is 2. The van der Waals surface area contributed by atoms with E-state index in [4.69, 9.17) is 10.5 Å². The maximum absolute atomic E-state index is 12.0. The van der Waals surface area contributed by atoms with Crippen LogP contribution in [0.25, 0.3) is 0 Å². The molecule has 1 aromatic carbocycles. The zero-order valence-corrected chi connectivity index (χ0v) is 14.7. The van der Waals surface area contributed by atoms with E-state index in [2.05, 4.69) is 22.4 Å². The highest BCUT2D eigenvalue weighted by molar-refractivity contribution is 7.17. The Morgan fingerprint density at radius 2 is 2.12 bits per heavy atom. The largest absolute Gasteiger partial charge is 0.494 e. The number of nitrogens with two attached hydrogens (primary N) is 1. The molecule has 128 valence electrons. The van der Waals surface area contributed by atoms with Crippen LogP contribution < -0.4 is 15.9 Å². The molecule has 7 heteroatoms. The van der Waals surface area contributed by atoms with E-state index in [0.29, 0.717) is 15.7 Å². The number of hydrogen-bond acceptors (Lipinski definition) is 6. The topological polar surface area (TPSA) is 89.6 Å². The van der Waals surface area contributed by atoms with E-state index in [1.54, 1.807) is 13.1 Å². The number of nitrogens with one attached hydrogen (secondary N) is 1. The number of aromatic nitrogens is 1. The fraction of sp³-hybridized carbons (Fsp3) is 0.353. The number of anilines is 1. The zero-order chi connectivity index (χ0) is 17.4. The summed E-state index contributed by atoms with van der Waals surface area (Å²) in [4.78, 5) is 16.5. The quantitative estimate of drug-likeness (QED) is 0.436. The van der Waals surface area contributed by atoms with Gasteiger partial charge in [0, 0.05) is 0 Å². The fourth-order valence-corrected chi connectivity index (χ4v) is 2.76. The van der Waals surface area contributed by atoms with Crippen molar-refractivity contribution in [3.8, 4) is 5.75 Å². The summed E-state index contributed by atoms with van der Waals surface area (Å²) >= 11 is 1.15. The number of thiazole rings is 1. The van der Waals surface area contributed by atoms with Crippen LogP contribution in [0.3, 0.4) is 0 Å². The molecule has 0 fully saturated rings. The Morgan fingerprint density at radius 3 is 2.75 bits per heavy atom. The summed E-state index contributed by atoms with van der Waals surface area (Å²) in [7, 11) is 0. The second-order valence-electron chi connectivity index (χ2n) is 5.29. The van der Waals surface area contributed by atoms with Crippen molar-refractivity contribution in [1.82, 2.24) is 10.4 Å². The zero-order valence-electron chi connectivity index (χ0n) is 13.9. The van der Waals surface area contributed by atoms with Crippen LogP contribution in [0.2, 0.25) is 0 Å². The molecule has 0 unspecified atom stereocenters. The molecule has 1 amide bonds. The first-order valence-corrected chi connectivity index (χ1v) is 8.71. The average molecular weight is 346 g/mol. The van der Waals surface area contributed by atoms with Crippen LogP contribution in [0.5, 0.6) is 5.75 Å². The van der Waals surface area contributed by atoms with Gasteiger partial charge in [-0.15, -0.1) is 0 Å². The summed E-state index contributed by atoms with van der Waals surface area (Å²) in [5, 5.41) is 4.33. The van der Waals surface area contributed by atoms with Crippen LogP contribution in [-0.2, 0) is 0 Å². The number of hydrazone groups is 1. The van der Waals surface area contributed by atoms with Crippen LogP contribution in [0.1, 0.15) is 47.1 Å². The standard InChI is InChI=1S/C17H22N4O2S/c1-3-4-5-10-23-14-8-6-13(7-9-14)11-19-21-16(22)15-12(2)20-17(18)24-15/h6-9,11H,3-5,10H2,1-2H3,(H2,18,20)(H,21,22)/b19-11+. The molecule has 6 nitrogen and oxygen atoms in total. The van der Waals surface area contributed by atoms with Crippen molar-refractivity contribution < 1.29 is 9.53 Å². The summed E-state index contributed by atoms with van der Waals surface area (Å²) in [6.07, 6.45) is 5.00. The van der Waals surface area contributed by atoms with Crippen molar-refractivity contribution in [2.45, 2.75) is 33.1 Å². The molecule has 1 aromatic heterocycles. The number of aryl methyl sites for hydroxylation is 1. The molecule has 2 aromatic rings. The van der Waals surface area contributed by atoms with Crippen LogP contribution in [0.4, 0.5) is 5.13 Å². The third-order valence-corrected chi connectivity index (χ3v) is 4.28. The Bertz CT molecular complexity index is 695. The Hall–Kier alpha value is -2.41. The number of nitrogen functional groups attached to an aromatic ring is 1. The highest BCUT2D eigenvalue weighted by atomic mass is 32.1. The summed E-state index contributed by atoms with van der Waals surface area (Å²) < 4.78 is 5.65. The van der Waals surface area contributed by atoms with Crippen LogP contribution in [0, 0.1) is 6.92 Å². The van der Waals surface area contributed by atoms with Gasteiger partial charge in [-0.1, -0.05) is 31.1 Å². The molecular weight excluding hydrogens is 324 g/mol. The molecule has 0 saturated heterocycles. The van der Waals surface area contributed by atoms with Gasteiger partial charge < -0.3 is 10.5 Å². The van der Waals surface area contributed by atoms with E-state index < -0.39 is 0 Å². The van der Waals surface area contributed by atoms with E-state index in [1.807, 2.05) is 24.3 Å². The van der Waals surface area contributed by atoms with Crippen molar-refractivity contribution in [3.63, 3.8) is 0 Å². The van der Waals surface area contributed by atoms with Gasteiger partial charge in [0.15, 0.2) is 5.13 Å². The number of carbonyl (C=O) groups is 1. The number of ether oxygens (including phenoxy) is 1. The molecule has 0 radical (unpaired) electrons. The molecule has 0 spiro atoms. The average Bonchev–Trinajstić information content (AvgIpc) is 2.91. The number of nitrogens with zero attached hydrogens (tertiary/aromatic N) is 2. The lowest BCUT2D eigenvalue weighted by Crippen LogP contribution is -2.17. The van der Waals surface area contributed by atoms with E-state index in [0.717, 1.165) is 35.7 Å². The summed E-state index contributed by atoms with van der Waals surface area (Å²) in [6.45, 7) is 4.64. The maximum Gasteiger partial charge on any atom is 0.283 e. The molecule has 0 saturated carbocycles. The first-order valence-electron chi connectivity index (χ1n) is 7.89. The maximum atomic E-state index is 12.0. The summed E-state index contributed by atoms with van der Waals surface area (Å²) in [6, 6.07) is 7.56. The van der Waals surface area contributed by atoms with Crippen molar-refractivity contribution in [1.29, 1.82) is 0 Å². The lowest BCUT2D eigenvalue weighted by Gasteiger charge is -2.05. The molecule has 0 atom stereocenters. The monoisotopic (exact) mass is 346 g/mol. The number of rotatable bonds is 8. The third-order valence-electron chi connectivity index (χ3n) is 3.30. The predicted octanol–water partition coefficient (Wildman–Crippen LogP) is 3.37. The van der Waals surface area contributed by atoms with Gasteiger partial charge in [-0.2, -0.15) is 5.10 Å². The van der Waals surface area contributed by atoms with Gasteiger partial charge >= 0.3 is 0 Å². The van der Waals surface area contributed by atoms with Gasteiger partial charge in [0.2, 0.25) is 0 Å². The summed E-state index contributed by atoms with van der Waals surface area (Å²) in [5.41, 5.74) is 9.54. The molecule has 2 rings (SSSR count).